The zero-order valence-electron chi connectivity index (χ0n) is 7.39. The van der Waals surface area contributed by atoms with Crippen molar-refractivity contribution in [1.82, 2.24) is 20.2 Å². The predicted molar refractivity (Wildman–Crippen MR) is 45.3 cm³/mol. The summed E-state index contributed by atoms with van der Waals surface area (Å²) >= 11 is 0. The van der Waals surface area contributed by atoms with Crippen molar-refractivity contribution in [2.45, 2.75) is 38.1 Å². The first kappa shape index (κ1) is 8.34. The van der Waals surface area contributed by atoms with Gasteiger partial charge in [0.1, 0.15) is 0 Å². The van der Waals surface area contributed by atoms with Gasteiger partial charge in [0, 0.05) is 0 Å². The molecule has 1 saturated carbocycles. The lowest BCUT2D eigenvalue weighted by atomic mass is 9.96. The summed E-state index contributed by atoms with van der Waals surface area (Å²) in [7, 11) is 0. The molecule has 0 spiro atoms. The molecule has 0 saturated heterocycles. The summed E-state index contributed by atoms with van der Waals surface area (Å²) < 4.78 is 0. The summed E-state index contributed by atoms with van der Waals surface area (Å²) in [6.07, 6.45) is 6.59. The molecule has 1 aliphatic rings. The number of carbonyl (C=O) groups is 1. The van der Waals surface area contributed by atoms with E-state index in [0.29, 0.717) is 12.3 Å². The molecule has 1 aromatic heterocycles. The molecule has 0 aliphatic heterocycles. The van der Waals surface area contributed by atoms with E-state index in [2.05, 4.69) is 15.4 Å². The summed E-state index contributed by atoms with van der Waals surface area (Å²) in [4.78, 5) is 11.9. The summed E-state index contributed by atoms with van der Waals surface area (Å²) in [6.45, 7) is 0. The molecule has 0 unspecified atom stereocenters. The lowest BCUT2D eigenvalue weighted by Crippen LogP contribution is -2.15. The third-order valence-corrected chi connectivity index (χ3v) is 2.45. The number of tetrazole rings is 1. The monoisotopic (exact) mass is 180 g/mol. The molecular formula is C8H12N4O. The van der Waals surface area contributed by atoms with Gasteiger partial charge in [-0.25, -0.2) is 0 Å². The van der Waals surface area contributed by atoms with Gasteiger partial charge in [-0.3, -0.25) is 4.79 Å². The molecule has 0 atom stereocenters. The van der Waals surface area contributed by atoms with E-state index in [0.717, 1.165) is 12.8 Å². The number of aldehydes is 1. The third-order valence-electron chi connectivity index (χ3n) is 2.45. The van der Waals surface area contributed by atoms with Gasteiger partial charge in [-0.05, 0) is 18.1 Å². The average molecular weight is 180 g/mol. The van der Waals surface area contributed by atoms with Crippen LogP contribution in [0.3, 0.4) is 0 Å². The second kappa shape index (κ2) is 3.64. The number of nitrogens with zero attached hydrogens (tertiary/aromatic N) is 4. The Hall–Kier alpha value is -1.26. The van der Waals surface area contributed by atoms with Crippen LogP contribution in [0.1, 0.15) is 48.8 Å². The second-order valence-corrected chi connectivity index (χ2v) is 3.38. The van der Waals surface area contributed by atoms with Gasteiger partial charge in [0.05, 0.1) is 6.04 Å². The Bertz CT molecular complexity index is 290. The maximum Gasteiger partial charge on any atom is 0.237 e. The predicted octanol–water partition coefficient (Wildman–Crippen LogP) is 0.991. The maximum absolute atomic E-state index is 10.3. The van der Waals surface area contributed by atoms with Crippen LogP contribution in [0.4, 0.5) is 0 Å². The number of carbonyl (C=O) groups excluding carboxylic acids is 1. The highest BCUT2D eigenvalue weighted by Gasteiger charge is 2.17. The molecule has 5 heteroatoms. The first-order valence-electron chi connectivity index (χ1n) is 4.65. The van der Waals surface area contributed by atoms with Crippen LogP contribution in [0.5, 0.6) is 0 Å². The van der Waals surface area contributed by atoms with Crippen LogP contribution in [0.2, 0.25) is 0 Å². The molecule has 0 amide bonds. The van der Waals surface area contributed by atoms with Crippen LogP contribution >= 0.6 is 0 Å². The molecule has 70 valence electrons. The van der Waals surface area contributed by atoms with Crippen molar-refractivity contribution in [3.63, 3.8) is 0 Å². The fraction of sp³-hybridized carbons (Fsp3) is 0.750. The standard InChI is InChI=1S/C8H12N4O/c13-6-8-9-11-12(10-8)7-4-2-1-3-5-7/h6-7H,1-5H2. The van der Waals surface area contributed by atoms with Crippen molar-refractivity contribution in [1.29, 1.82) is 0 Å². The van der Waals surface area contributed by atoms with Crippen molar-refractivity contribution in [2.24, 2.45) is 0 Å². The van der Waals surface area contributed by atoms with E-state index in [1.165, 1.54) is 19.3 Å². The van der Waals surface area contributed by atoms with Gasteiger partial charge in [-0.1, -0.05) is 19.3 Å². The van der Waals surface area contributed by atoms with Crippen LogP contribution < -0.4 is 0 Å². The minimum atomic E-state index is 0.186. The van der Waals surface area contributed by atoms with Crippen LogP contribution in [0.25, 0.3) is 0 Å². The molecule has 1 aliphatic carbocycles. The number of rotatable bonds is 2. The average Bonchev–Trinajstić information content (AvgIpc) is 2.67. The van der Waals surface area contributed by atoms with Crippen molar-refractivity contribution >= 4 is 6.29 Å². The van der Waals surface area contributed by atoms with Gasteiger partial charge in [-0.15, -0.1) is 10.2 Å². The van der Waals surface area contributed by atoms with Crippen LogP contribution in [-0.2, 0) is 0 Å². The summed E-state index contributed by atoms with van der Waals surface area (Å²) in [5.41, 5.74) is 0. The zero-order valence-corrected chi connectivity index (χ0v) is 7.39. The van der Waals surface area contributed by atoms with E-state index in [9.17, 15) is 4.79 Å². The number of hydrogen-bond donors (Lipinski definition) is 0. The maximum atomic E-state index is 10.3. The van der Waals surface area contributed by atoms with Crippen molar-refractivity contribution in [2.75, 3.05) is 0 Å². The van der Waals surface area contributed by atoms with E-state index in [1.54, 1.807) is 4.80 Å². The highest BCUT2D eigenvalue weighted by molar-refractivity contribution is 5.67. The van der Waals surface area contributed by atoms with Crippen molar-refractivity contribution < 1.29 is 4.79 Å². The molecule has 1 fully saturated rings. The summed E-state index contributed by atoms with van der Waals surface area (Å²) in [5.74, 6) is 0.186. The third kappa shape index (κ3) is 1.74. The summed E-state index contributed by atoms with van der Waals surface area (Å²) in [6, 6.07) is 0.356. The minimum Gasteiger partial charge on any atom is -0.294 e. The number of aromatic nitrogens is 4. The van der Waals surface area contributed by atoms with Crippen LogP contribution in [0.15, 0.2) is 0 Å². The Labute approximate surface area is 76.1 Å². The minimum absolute atomic E-state index is 0.186. The van der Waals surface area contributed by atoms with E-state index in [4.69, 9.17) is 0 Å². The molecule has 13 heavy (non-hydrogen) atoms. The van der Waals surface area contributed by atoms with Gasteiger partial charge < -0.3 is 0 Å². The Morgan fingerprint density at radius 1 is 1.31 bits per heavy atom. The highest BCUT2D eigenvalue weighted by Crippen LogP contribution is 2.26. The molecule has 5 nitrogen and oxygen atoms in total. The van der Waals surface area contributed by atoms with E-state index >= 15 is 0 Å². The van der Waals surface area contributed by atoms with Gasteiger partial charge in [0.2, 0.25) is 5.82 Å². The highest BCUT2D eigenvalue weighted by atomic mass is 16.1. The van der Waals surface area contributed by atoms with Gasteiger partial charge in [0.15, 0.2) is 6.29 Å². The molecule has 1 aromatic rings. The Kier molecular flexibility index (Phi) is 2.33. The fourth-order valence-corrected chi connectivity index (χ4v) is 1.75. The first-order chi connectivity index (χ1) is 6.40. The van der Waals surface area contributed by atoms with Crippen LogP contribution in [0, 0.1) is 0 Å². The van der Waals surface area contributed by atoms with Crippen molar-refractivity contribution in [3.8, 4) is 0 Å². The van der Waals surface area contributed by atoms with Gasteiger partial charge in [-0.2, -0.15) is 4.80 Å². The topological polar surface area (TPSA) is 60.7 Å². The van der Waals surface area contributed by atoms with E-state index < -0.39 is 0 Å². The Morgan fingerprint density at radius 3 is 2.69 bits per heavy atom. The van der Waals surface area contributed by atoms with E-state index in [1.807, 2.05) is 0 Å². The largest absolute Gasteiger partial charge is 0.294 e. The van der Waals surface area contributed by atoms with Crippen molar-refractivity contribution in [3.05, 3.63) is 5.82 Å². The number of hydrogen-bond acceptors (Lipinski definition) is 4. The zero-order chi connectivity index (χ0) is 9.10. The smallest absolute Gasteiger partial charge is 0.237 e. The SMILES string of the molecule is O=Cc1nnn(C2CCCCC2)n1. The molecular weight excluding hydrogens is 168 g/mol. The Morgan fingerprint density at radius 2 is 2.08 bits per heavy atom. The molecule has 0 bridgehead atoms. The summed E-state index contributed by atoms with van der Waals surface area (Å²) in [5, 5.41) is 11.5. The lowest BCUT2D eigenvalue weighted by Gasteiger charge is -2.19. The fourth-order valence-electron chi connectivity index (χ4n) is 1.75. The molecule has 1 heterocycles. The Balaban J connectivity index is 2.09. The van der Waals surface area contributed by atoms with E-state index in [-0.39, 0.29) is 5.82 Å². The molecule has 0 radical (unpaired) electrons. The van der Waals surface area contributed by atoms with Gasteiger partial charge >= 0.3 is 0 Å². The second-order valence-electron chi connectivity index (χ2n) is 3.38. The molecule has 0 aromatic carbocycles. The molecule has 2 rings (SSSR count). The normalized spacial score (nSPS) is 18.8. The lowest BCUT2D eigenvalue weighted by molar-refractivity contribution is 0.111. The molecule has 0 N–H and O–H groups in total. The quantitative estimate of drug-likeness (QED) is 0.637. The van der Waals surface area contributed by atoms with Crippen LogP contribution in [-0.4, -0.2) is 26.5 Å². The van der Waals surface area contributed by atoms with Gasteiger partial charge in [0.25, 0.3) is 0 Å². The first-order valence-corrected chi connectivity index (χ1v) is 4.65.